The Morgan fingerprint density at radius 1 is 1.03 bits per heavy atom. The van der Waals surface area contributed by atoms with Crippen LogP contribution in [-0.2, 0) is 4.74 Å². The predicted molar refractivity (Wildman–Crippen MR) is 104 cm³/mol. The number of rotatable bonds is 7. The second kappa shape index (κ2) is 8.22. The Morgan fingerprint density at radius 3 is 2.41 bits per heavy atom. The van der Waals surface area contributed by atoms with Crippen molar-refractivity contribution in [3.63, 3.8) is 0 Å². The monoisotopic (exact) mass is 398 g/mol. The van der Waals surface area contributed by atoms with Crippen LogP contribution in [0.25, 0.3) is 5.82 Å². The lowest BCUT2D eigenvalue weighted by Gasteiger charge is -2.10. The second-order valence-corrected chi connectivity index (χ2v) is 6.48. The van der Waals surface area contributed by atoms with E-state index >= 15 is 0 Å². The summed E-state index contributed by atoms with van der Waals surface area (Å²) >= 11 is 0. The molecule has 0 aliphatic heterocycles. The summed E-state index contributed by atoms with van der Waals surface area (Å²) in [6, 6.07) is 8.25. The number of methoxy groups -OCH3 is 2. The third-order valence-electron chi connectivity index (χ3n) is 4.54. The molecule has 1 aromatic carbocycles. The molecule has 0 aliphatic rings. The Balaban J connectivity index is 1.76. The molecule has 0 fully saturated rings. The smallest absolute Gasteiger partial charge is 0.342 e. The van der Waals surface area contributed by atoms with Crippen molar-refractivity contribution in [2.75, 3.05) is 20.8 Å². The molecule has 152 valence electrons. The maximum Gasteiger partial charge on any atom is 0.342 e. The molecule has 0 radical (unpaired) electrons. The highest BCUT2D eigenvalue weighted by Gasteiger charge is 2.21. The highest BCUT2D eigenvalue weighted by atomic mass is 16.5. The molecule has 2 aromatic heterocycles. The fourth-order valence-corrected chi connectivity index (χ4v) is 3.11. The first kappa shape index (κ1) is 20.2. The highest BCUT2D eigenvalue weighted by Crippen LogP contribution is 2.26. The Bertz CT molecular complexity index is 1060. The molecule has 0 spiro atoms. The van der Waals surface area contributed by atoms with Gasteiger partial charge in [0.2, 0.25) is 5.78 Å². The average molecular weight is 398 g/mol. The van der Waals surface area contributed by atoms with E-state index in [1.807, 2.05) is 11.5 Å². The summed E-state index contributed by atoms with van der Waals surface area (Å²) in [5.74, 6) is 1.15. The van der Waals surface area contributed by atoms with Gasteiger partial charge < -0.3 is 18.7 Å². The van der Waals surface area contributed by atoms with Crippen LogP contribution in [0.3, 0.4) is 0 Å². The lowest BCUT2D eigenvalue weighted by molar-refractivity contribution is 0.0471. The number of aromatic nitrogens is 2. The first-order valence-corrected chi connectivity index (χ1v) is 8.90. The standard InChI is InChI=1S/C21H22N2O6/c1-12-8-17(14(3)23(12)20-9-13(2)29-22-20)18(24)11-28-21(25)16-7-6-15(26-4)10-19(16)27-5/h6-10H,11H2,1-5H3. The van der Waals surface area contributed by atoms with Gasteiger partial charge in [0, 0.05) is 29.1 Å². The fraction of sp³-hybridized carbons (Fsp3) is 0.286. The number of benzene rings is 1. The lowest BCUT2D eigenvalue weighted by atomic mass is 10.1. The van der Waals surface area contributed by atoms with Crippen LogP contribution >= 0.6 is 0 Å². The molecule has 0 saturated carbocycles. The molecule has 0 N–H and O–H groups in total. The number of carbonyl (C=O) groups is 2. The van der Waals surface area contributed by atoms with E-state index in [4.69, 9.17) is 18.7 Å². The molecule has 0 saturated heterocycles. The normalized spacial score (nSPS) is 10.7. The molecule has 29 heavy (non-hydrogen) atoms. The van der Waals surface area contributed by atoms with Gasteiger partial charge in [0.1, 0.15) is 22.8 Å². The van der Waals surface area contributed by atoms with E-state index in [0.717, 1.165) is 5.69 Å². The molecular weight excluding hydrogens is 376 g/mol. The van der Waals surface area contributed by atoms with E-state index in [-0.39, 0.29) is 11.3 Å². The SMILES string of the molecule is COc1ccc(C(=O)OCC(=O)c2cc(C)n(-c3cc(C)on3)c2C)c(OC)c1. The Labute approximate surface area is 168 Å². The maximum absolute atomic E-state index is 12.7. The van der Waals surface area contributed by atoms with E-state index in [1.54, 1.807) is 38.1 Å². The quantitative estimate of drug-likeness (QED) is 0.444. The Morgan fingerprint density at radius 2 is 1.79 bits per heavy atom. The summed E-state index contributed by atoms with van der Waals surface area (Å²) < 4.78 is 22.5. The van der Waals surface area contributed by atoms with Gasteiger partial charge in [0.25, 0.3) is 0 Å². The van der Waals surface area contributed by atoms with Gasteiger partial charge >= 0.3 is 5.97 Å². The summed E-state index contributed by atoms with van der Waals surface area (Å²) in [7, 11) is 2.96. The van der Waals surface area contributed by atoms with Gasteiger partial charge in [-0.15, -0.1) is 0 Å². The van der Waals surface area contributed by atoms with Crippen LogP contribution in [0.5, 0.6) is 11.5 Å². The van der Waals surface area contributed by atoms with Crippen LogP contribution in [0.15, 0.2) is 34.9 Å². The van der Waals surface area contributed by atoms with Crippen molar-refractivity contribution in [3.05, 3.63) is 58.6 Å². The Kier molecular flexibility index (Phi) is 5.72. The molecule has 3 rings (SSSR count). The van der Waals surface area contributed by atoms with E-state index in [9.17, 15) is 9.59 Å². The zero-order valence-electron chi connectivity index (χ0n) is 16.9. The van der Waals surface area contributed by atoms with E-state index in [1.165, 1.54) is 20.3 Å². The number of aryl methyl sites for hydroxylation is 2. The van der Waals surface area contributed by atoms with E-state index in [2.05, 4.69) is 5.16 Å². The van der Waals surface area contributed by atoms with Crippen molar-refractivity contribution in [2.24, 2.45) is 0 Å². The zero-order valence-corrected chi connectivity index (χ0v) is 16.9. The number of nitrogens with zero attached hydrogens (tertiary/aromatic N) is 2. The van der Waals surface area contributed by atoms with Crippen LogP contribution in [0.2, 0.25) is 0 Å². The van der Waals surface area contributed by atoms with Crippen molar-refractivity contribution in [3.8, 4) is 17.3 Å². The molecule has 2 heterocycles. The summed E-state index contributed by atoms with van der Waals surface area (Å²) in [5, 5.41) is 3.99. The topological polar surface area (TPSA) is 92.8 Å². The minimum Gasteiger partial charge on any atom is -0.497 e. The predicted octanol–water partition coefficient (Wildman–Crippen LogP) is 3.45. The van der Waals surface area contributed by atoms with Gasteiger partial charge in [0.05, 0.1) is 14.2 Å². The summed E-state index contributed by atoms with van der Waals surface area (Å²) in [6.45, 7) is 5.07. The molecule has 0 amide bonds. The van der Waals surface area contributed by atoms with Gasteiger partial charge in [-0.3, -0.25) is 9.36 Å². The van der Waals surface area contributed by atoms with Gasteiger partial charge in [0.15, 0.2) is 12.4 Å². The van der Waals surface area contributed by atoms with E-state index in [0.29, 0.717) is 34.3 Å². The van der Waals surface area contributed by atoms with Gasteiger partial charge in [-0.1, -0.05) is 5.16 Å². The second-order valence-electron chi connectivity index (χ2n) is 6.48. The molecule has 3 aromatic rings. The molecule has 0 atom stereocenters. The first-order chi connectivity index (χ1) is 13.8. The molecule has 8 nitrogen and oxygen atoms in total. The average Bonchev–Trinajstić information content (AvgIpc) is 3.27. The van der Waals surface area contributed by atoms with Crippen LogP contribution in [0, 0.1) is 20.8 Å². The third kappa shape index (κ3) is 4.01. The number of ether oxygens (including phenoxy) is 3. The van der Waals surface area contributed by atoms with Gasteiger partial charge in [-0.2, -0.15) is 0 Å². The zero-order chi connectivity index (χ0) is 21.1. The van der Waals surface area contributed by atoms with Crippen molar-refractivity contribution < 1.29 is 28.3 Å². The number of ketones is 1. The summed E-state index contributed by atoms with van der Waals surface area (Å²) in [4.78, 5) is 25.1. The van der Waals surface area contributed by atoms with Crippen LogP contribution < -0.4 is 9.47 Å². The number of hydrogen-bond acceptors (Lipinski definition) is 7. The van der Waals surface area contributed by atoms with Crippen molar-refractivity contribution in [2.45, 2.75) is 20.8 Å². The fourth-order valence-electron chi connectivity index (χ4n) is 3.11. The number of carbonyl (C=O) groups excluding carboxylic acids is 2. The van der Waals surface area contributed by atoms with E-state index < -0.39 is 12.6 Å². The van der Waals surface area contributed by atoms with Crippen LogP contribution in [0.4, 0.5) is 0 Å². The number of esters is 1. The third-order valence-corrected chi connectivity index (χ3v) is 4.54. The van der Waals surface area contributed by atoms with Crippen molar-refractivity contribution in [1.29, 1.82) is 0 Å². The molecular formula is C21H22N2O6. The molecule has 0 aliphatic carbocycles. The van der Waals surface area contributed by atoms with Crippen LogP contribution in [-0.4, -0.2) is 42.3 Å². The number of Topliss-reactive ketones (excluding diaryl/α,β-unsaturated/α-hetero) is 1. The van der Waals surface area contributed by atoms with Gasteiger partial charge in [-0.25, -0.2) is 4.79 Å². The van der Waals surface area contributed by atoms with Crippen molar-refractivity contribution >= 4 is 11.8 Å². The highest BCUT2D eigenvalue weighted by molar-refractivity contribution is 6.01. The largest absolute Gasteiger partial charge is 0.497 e. The van der Waals surface area contributed by atoms with Crippen LogP contribution in [0.1, 0.15) is 37.9 Å². The first-order valence-electron chi connectivity index (χ1n) is 8.90. The molecule has 8 heteroatoms. The summed E-state index contributed by atoms with van der Waals surface area (Å²) in [6.07, 6.45) is 0. The minimum absolute atomic E-state index is 0.213. The van der Waals surface area contributed by atoms with Gasteiger partial charge in [-0.05, 0) is 39.0 Å². The van der Waals surface area contributed by atoms with Crippen molar-refractivity contribution in [1.82, 2.24) is 9.72 Å². The minimum atomic E-state index is -0.654. The number of hydrogen-bond donors (Lipinski definition) is 0. The molecule has 0 bridgehead atoms. The molecule has 0 unspecified atom stereocenters. The lowest BCUT2D eigenvalue weighted by Crippen LogP contribution is -2.15. The Hall–Kier alpha value is -3.55. The maximum atomic E-state index is 12.7. The summed E-state index contributed by atoms with van der Waals surface area (Å²) in [5.41, 5.74) is 2.18.